The van der Waals surface area contributed by atoms with Crippen LogP contribution in [0.15, 0.2) is 18.3 Å². The summed E-state index contributed by atoms with van der Waals surface area (Å²) >= 11 is 0. The number of carboxylic acid groups (broad SMARTS) is 1. The summed E-state index contributed by atoms with van der Waals surface area (Å²) < 4.78 is 4.97. The van der Waals surface area contributed by atoms with E-state index in [9.17, 15) is 9.90 Å². The zero-order chi connectivity index (χ0) is 9.97. The molecule has 0 radical (unpaired) electrons. The van der Waals surface area contributed by atoms with Crippen LogP contribution in [0, 0.1) is 0 Å². The Morgan fingerprint density at radius 1 is 1.60 bits per heavy atom. The molecule has 0 spiro atoms. The summed E-state index contributed by atoms with van der Waals surface area (Å²) in [6.45, 7) is 1.27. The number of carbonyl (C=O) groups excluding carboxylic acids is 1. The number of hydrogen-bond donors (Lipinski definition) is 1. The number of hydrogen-bond acceptors (Lipinski definition) is 5. The first-order valence-corrected chi connectivity index (χ1v) is 4.27. The van der Waals surface area contributed by atoms with E-state index in [0.717, 1.165) is 0 Å². The quantitative estimate of drug-likeness (QED) is 0.526. The molecule has 1 saturated heterocycles. The Labute approximate surface area is 109 Å². The summed E-state index contributed by atoms with van der Waals surface area (Å²) in [7, 11) is 0. The summed E-state index contributed by atoms with van der Waals surface area (Å²) in [4.78, 5) is 14.5. The summed E-state index contributed by atoms with van der Waals surface area (Å²) in [5.74, 6) is -0.652. The normalized spacial score (nSPS) is 14.9. The van der Waals surface area contributed by atoms with Crippen molar-refractivity contribution in [1.29, 1.82) is 0 Å². The van der Waals surface area contributed by atoms with Gasteiger partial charge >= 0.3 is 29.6 Å². The average Bonchev–Trinajstić information content (AvgIpc) is 2.12. The van der Waals surface area contributed by atoms with Crippen molar-refractivity contribution in [3.05, 3.63) is 23.9 Å². The average molecular weight is 216 g/mol. The van der Waals surface area contributed by atoms with Gasteiger partial charge in [-0.25, -0.2) is 4.98 Å². The number of carbonyl (C=O) groups is 1. The second kappa shape index (κ2) is 5.46. The number of rotatable bonds is 3. The second-order valence-corrected chi connectivity index (χ2v) is 3.10. The summed E-state index contributed by atoms with van der Waals surface area (Å²) in [5.41, 5.74) is 0.128. The van der Waals surface area contributed by atoms with Gasteiger partial charge in [0.25, 0.3) is 0 Å². The number of nitrogens with one attached hydrogen (secondary N) is 1. The van der Waals surface area contributed by atoms with Crippen LogP contribution in [0.1, 0.15) is 10.4 Å². The minimum absolute atomic E-state index is 0. The van der Waals surface area contributed by atoms with Gasteiger partial charge in [-0.2, -0.15) is 0 Å². The molecule has 1 aliphatic heterocycles. The first-order valence-electron chi connectivity index (χ1n) is 4.27. The van der Waals surface area contributed by atoms with E-state index in [2.05, 4.69) is 10.3 Å². The molecule has 0 amide bonds. The molecule has 1 aromatic rings. The Bertz CT molecular complexity index is 355. The fourth-order valence-corrected chi connectivity index (χ4v) is 1.16. The Morgan fingerprint density at radius 3 is 2.87 bits per heavy atom. The molecule has 1 aliphatic rings. The molecule has 6 heteroatoms. The van der Waals surface area contributed by atoms with Gasteiger partial charge in [0.05, 0.1) is 25.2 Å². The Hall–Kier alpha value is -0.620. The van der Waals surface area contributed by atoms with Crippen LogP contribution in [-0.2, 0) is 4.74 Å². The monoisotopic (exact) mass is 216 g/mol. The molecule has 74 valence electrons. The topological polar surface area (TPSA) is 74.3 Å². The SMILES string of the molecule is O=C([O-])c1ccnc(NC2COC2)c1.[Na+]. The van der Waals surface area contributed by atoms with Gasteiger partial charge in [-0.1, -0.05) is 0 Å². The van der Waals surface area contributed by atoms with Gasteiger partial charge in [0.15, 0.2) is 0 Å². The second-order valence-electron chi connectivity index (χ2n) is 3.10. The summed E-state index contributed by atoms with van der Waals surface area (Å²) in [5, 5.41) is 13.6. The third kappa shape index (κ3) is 3.17. The molecule has 5 nitrogen and oxygen atoms in total. The van der Waals surface area contributed by atoms with Crippen molar-refractivity contribution < 1.29 is 44.2 Å². The number of pyridine rings is 1. The summed E-state index contributed by atoms with van der Waals surface area (Å²) in [6, 6.07) is 3.09. The molecule has 1 N–H and O–H groups in total. The van der Waals surface area contributed by atoms with E-state index in [1.54, 1.807) is 0 Å². The van der Waals surface area contributed by atoms with Crippen molar-refractivity contribution in [2.45, 2.75) is 6.04 Å². The van der Waals surface area contributed by atoms with Crippen molar-refractivity contribution in [3.8, 4) is 0 Å². The number of carboxylic acids is 1. The number of aromatic carboxylic acids is 1. The fourth-order valence-electron chi connectivity index (χ4n) is 1.16. The van der Waals surface area contributed by atoms with Crippen LogP contribution >= 0.6 is 0 Å². The molecule has 0 unspecified atom stereocenters. The molecule has 2 heterocycles. The first-order chi connectivity index (χ1) is 6.75. The largest absolute Gasteiger partial charge is 1.00 e. The van der Waals surface area contributed by atoms with Crippen LogP contribution in [0.4, 0.5) is 5.82 Å². The van der Waals surface area contributed by atoms with Gasteiger partial charge in [-0.05, 0) is 12.1 Å². The van der Waals surface area contributed by atoms with Gasteiger partial charge in [0, 0.05) is 11.8 Å². The van der Waals surface area contributed by atoms with E-state index < -0.39 is 5.97 Å². The Balaban J connectivity index is 0.00000112. The van der Waals surface area contributed by atoms with Crippen molar-refractivity contribution in [1.82, 2.24) is 4.98 Å². The molecule has 0 aromatic carbocycles. The molecule has 0 saturated carbocycles. The molecule has 1 fully saturated rings. The number of aromatic nitrogens is 1. The van der Waals surface area contributed by atoms with Gasteiger partial charge < -0.3 is 20.0 Å². The fraction of sp³-hybridized carbons (Fsp3) is 0.333. The maximum atomic E-state index is 10.5. The van der Waals surface area contributed by atoms with Crippen molar-refractivity contribution in [2.75, 3.05) is 18.5 Å². The predicted octanol–water partition coefficient (Wildman–Crippen LogP) is -3.74. The predicted molar refractivity (Wildman–Crippen MR) is 46.8 cm³/mol. The number of ether oxygens (including phenoxy) is 1. The van der Waals surface area contributed by atoms with Crippen LogP contribution < -0.4 is 40.0 Å². The van der Waals surface area contributed by atoms with Crippen LogP contribution in [0.2, 0.25) is 0 Å². The van der Waals surface area contributed by atoms with Crippen molar-refractivity contribution >= 4 is 11.8 Å². The number of anilines is 1. The molecule has 0 bridgehead atoms. The van der Waals surface area contributed by atoms with Crippen molar-refractivity contribution in [2.24, 2.45) is 0 Å². The minimum Gasteiger partial charge on any atom is -0.545 e. The standard InChI is InChI=1S/C9H10N2O3.Na/c12-9(13)6-1-2-10-8(3-6)11-7-4-14-5-7;/h1-3,7H,4-5H2,(H,10,11)(H,12,13);/q;+1/p-1. The van der Waals surface area contributed by atoms with E-state index in [-0.39, 0.29) is 41.2 Å². The van der Waals surface area contributed by atoms with Crippen LogP contribution in [0.3, 0.4) is 0 Å². The molecule has 0 aliphatic carbocycles. The zero-order valence-corrected chi connectivity index (χ0v) is 10.4. The van der Waals surface area contributed by atoms with E-state index in [4.69, 9.17) is 4.74 Å². The molecule has 2 rings (SSSR count). The Kier molecular flexibility index (Phi) is 4.53. The number of nitrogens with zero attached hydrogens (tertiary/aromatic N) is 1. The maximum Gasteiger partial charge on any atom is 1.00 e. The van der Waals surface area contributed by atoms with E-state index >= 15 is 0 Å². The Morgan fingerprint density at radius 2 is 2.33 bits per heavy atom. The maximum absolute atomic E-state index is 10.5. The first kappa shape index (κ1) is 12.4. The van der Waals surface area contributed by atoms with E-state index in [0.29, 0.717) is 19.0 Å². The molecular formula is C9H9N2NaO3. The smallest absolute Gasteiger partial charge is 0.545 e. The van der Waals surface area contributed by atoms with Crippen LogP contribution in [0.5, 0.6) is 0 Å². The minimum atomic E-state index is -1.19. The van der Waals surface area contributed by atoms with Gasteiger partial charge in [0.1, 0.15) is 5.82 Å². The molecular weight excluding hydrogens is 207 g/mol. The summed E-state index contributed by atoms with van der Waals surface area (Å²) in [6.07, 6.45) is 1.44. The molecule has 1 aromatic heterocycles. The third-order valence-corrected chi connectivity index (χ3v) is 1.99. The zero-order valence-electron chi connectivity index (χ0n) is 8.40. The van der Waals surface area contributed by atoms with Gasteiger partial charge in [-0.3, -0.25) is 0 Å². The molecule has 15 heavy (non-hydrogen) atoms. The van der Waals surface area contributed by atoms with Crippen LogP contribution in [0.25, 0.3) is 0 Å². The van der Waals surface area contributed by atoms with Crippen LogP contribution in [-0.4, -0.2) is 30.2 Å². The van der Waals surface area contributed by atoms with Crippen molar-refractivity contribution in [3.63, 3.8) is 0 Å². The van der Waals surface area contributed by atoms with Gasteiger partial charge in [-0.15, -0.1) is 0 Å². The van der Waals surface area contributed by atoms with E-state index in [1.165, 1.54) is 18.3 Å². The van der Waals surface area contributed by atoms with Gasteiger partial charge in [0.2, 0.25) is 0 Å². The molecule has 0 atom stereocenters. The van der Waals surface area contributed by atoms with E-state index in [1.807, 2.05) is 0 Å². The third-order valence-electron chi connectivity index (χ3n) is 1.99.